The lowest BCUT2D eigenvalue weighted by molar-refractivity contribution is 0.0696. The number of hydrogen-bond acceptors (Lipinski definition) is 3. The van der Waals surface area contributed by atoms with Crippen LogP contribution in [-0.4, -0.2) is 25.6 Å². The first kappa shape index (κ1) is 14.7. The maximum atomic E-state index is 11.2. The Kier molecular flexibility index (Phi) is 3.58. The van der Waals surface area contributed by atoms with Crippen LogP contribution in [0, 0.1) is 11.8 Å². The Balaban J connectivity index is 1.67. The van der Waals surface area contributed by atoms with E-state index < -0.39 is 5.97 Å². The summed E-state index contributed by atoms with van der Waals surface area (Å²) in [5, 5.41) is 9.15. The minimum atomic E-state index is -0.941. The van der Waals surface area contributed by atoms with Gasteiger partial charge in [-0.15, -0.1) is 0 Å². The highest BCUT2D eigenvalue weighted by Gasteiger charge is 2.30. The molecule has 0 amide bonds. The first-order valence-electron chi connectivity index (χ1n) is 8.72. The molecule has 0 atom stereocenters. The van der Waals surface area contributed by atoms with E-state index in [-0.39, 0.29) is 5.56 Å². The Labute approximate surface area is 135 Å². The zero-order valence-electron chi connectivity index (χ0n) is 13.5. The molecular weight excluding hydrogens is 290 g/mol. The van der Waals surface area contributed by atoms with Gasteiger partial charge in [-0.25, -0.2) is 14.8 Å². The van der Waals surface area contributed by atoms with Crippen molar-refractivity contribution in [1.29, 1.82) is 0 Å². The largest absolute Gasteiger partial charge is 0.478 e. The first-order chi connectivity index (χ1) is 11.1. The van der Waals surface area contributed by atoms with Crippen molar-refractivity contribution in [3.63, 3.8) is 0 Å². The van der Waals surface area contributed by atoms with Crippen molar-refractivity contribution in [2.45, 2.75) is 57.9 Å². The van der Waals surface area contributed by atoms with Crippen LogP contribution in [0.5, 0.6) is 0 Å². The summed E-state index contributed by atoms with van der Waals surface area (Å²) in [6.07, 6.45) is 10.0. The van der Waals surface area contributed by atoms with Crippen molar-refractivity contribution in [3.8, 4) is 0 Å². The lowest BCUT2D eigenvalue weighted by atomic mass is 9.81. The third kappa shape index (κ3) is 2.84. The van der Waals surface area contributed by atoms with Gasteiger partial charge in [-0.05, 0) is 43.6 Å². The normalized spacial score (nSPS) is 24.9. The Morgan fingerprint density at radius 1 is 1.26 bits per heavy atom. The molecule has 2 aromatic heterocycles. The summed E-state index contributed by atoms with van der Waals surface area (Å²) < 4.78 is 2.28. The van der Waals surface area contributed by atoms with Gasteiger partial charge in [-0.1, -0.05) is 19.8 Å². The van der Waals surface area contributed by atoms with Gasteiger partial charge in [0, 0.05) is 18.7 Å². The number of pyridine rings is 1. The fourth-order valence-electron chi connectivity index (χ4n) is 3.80. The van der Waals surface area contributed by atoms with Gasteiger partial charge in [0.15, 0.2) is 5.65 Å². The number of carboxylic acids is 1. The molecule has 122 valence electrons. The van der Waals surface area contributed by atoms with Crippen LogP contribution in [0.15, 0.2) is 12.3 Å². The van der Waals surface area contributed by atoms with Gasteiger partial charge in [-0.2, -0.15) is 0 Å². The van der Waals surface area contributed by atoms with E-state index in [0.29, 0.717) is 12.0 Å². The minimum absolute atomic E-state index is 0.219. The summed E-state index contributed by atoms with van der Waals surface area (Å²) in [6.45, 7) is 2.34. The van der Waals surface area contributed by atoms with Crippen molar-refractivity contribution in [2.75, 3.05) is 0 Å². The van der Waals surface area contributed by atoms with E-state index in [0.717, 1.165) is 29.3 Å². The monoisotopic (exact) mass is 313 g/mol. The molecule has 2 aliphatic carbocycles. The van der Waals surface area contributed by atoms with Gasteiger partial charge in [0.05, 0.1) is 5.56 Å². The zero-order chi connectivity index (χ0) is 16.0. The number of rotatable bonds is 4. The molecule has 4 rings (SSSR count). The van der Waals surface area contributed by atoms with Crippen molar-refractivity contribution in [3.05, 3.63) is 23.7 Å². The molecule has 2 aliphatic rings. The van der Waals surface area contributed by atoms with Crippen LogP contribution in [0.4, 0.5) is 0 Å². The van der Waals surface area contributed by atoms with Gasteiger partial charge < -0.3 is 9.67 Å². The summed E-state index contributed by atoms with van der Waals surface area (Å²) in [5.41, 5.74) is 1.81. The van der Waals surface area contributed by atoms with Crippen molar-refractivity contribution < 1.29 is 9.90 Å². The predicted octanol–water partition coefficient (Wildman–Crippen LogP) is 3.83. The fraction of sp³-hybridized carbons (Fsp3) is 0.611. The molecule has 0 spiro atoms. The molecule has 2 aromatic rings. The molecule has 2 heterocycles. The topological polar surface area (TPSA) is 68.0 Å². The molecular formula is C18H23N3O2. The highest BCUT2D eigenvalue weighted by Crippen LogP contribution is 2.39. The summed E-state index contributed by atoms with van der Waals surface area (Å²) in [7, 11) is 0. The number of nitrogens with zero attached hydrogens (tertiary/aromatic N) is 3. The summed E-state index contributed by atoms with van der Waals surface area (Å²) >= 11 is 0. The molecule has 0 aromatic carbocycles. The number of carbonyl (C=O) groups is 1. The molecule has 0 unspecified atom stereocenters. The molecule has 23 heavy (non-hydrogen) atoms. The van der Waals surface area contributed by atoms with Crippen molar-refractivity contribution in [2.24, 2.45) is 11.8 Å². The van der Waals surface area contributed by atoms with Crippen LogP contribution < -0.4 is 0 Å². The summed E-state index contributed by atoms with van der Waals surface area (Å²) in [5.74, 6) is 1.73. The fourth-order valence-corrected chi connectivity index (χ4v) is 3.80. The van der Waals surface area contributed by atoms with Gasteiger partial charge in [0.25, 0.3) is 0 Å². The van der Waals surface area contributed by atoms with Gasteiger partial charge in [0.1, 0.15) is 11.3 Å². The Morgan fingerprint density at radius 2 is 2.00 bits per heavy atom. The molecule has 0 aliphatic heterocycles. The van der Waals surface area contributed by atoms with E-state index >= 15 is 0 Å². The standard InChI is InChI=1S/C18H23N3O2/c1-11-2-4-12(5-3-11)8-16-20-15-9-13(18(22)23)10-19-17(15)21(16)14-6-7-14/h9-12,14H,2-8H2,1H3,(H,22,23). The van der Waals surface area contributed by atoms with Crippen molar-refractivity contribution in [1.82, 2.24) is 14.5 Å². The second-order valence-electron chi connectivity index (χ2n) is 7.33. The number of aromatic nitrogens is 3. The van der Waals surface area contributed by atoms with E-state index in [1.807, 2.05) is 0 Å². The lowest BCUT2D eigenvalue weighted by Gasteiger charge is -2.26. The molecule has 5 nitrogen and oxygen atoms in total. The molecule has 5 heteroatoms. The molecule has 1 N–H and O–H groups in total. The number of fused-ring (bicyclic) bond motifs is 1. The molecule has 2 fully saturated rings. The average Bonchev–Trinajstić information content (AvgIpc) is 3.30. The second-order valence-corrected chi connectivity index (χ2v) is 7.33. The zero-order valence-corrected chi connectivity index (χ0v) is 13.5. The first-order valence-corrected chi connectivity index (χ1v) is 8.72. The van der Waals surface area contributed by atoms with Gasteiger partial charge in [0.2, 0.25) is 0 Å². The van der Waals surface area contributed by atoms with Crippen LogP contribution in [0.1, 0.15) is 67.7 Å². The Morgan fingerprint density at radius 3 is 2.65 bits per heavy atom. The minimum Gasteiger partial charge on any atom is -0.478 e. The van der Waals surface area contributed by atoms with Crippen LogP contribution in [-0.2, 0) is 6.42 Å². The highest BCUT2D eigenvalue weighted by molar-refractivity contribution is 5.90. The number of imidazole rings is 1. The van der Waals surface area contributed by atoms with E-state index in [2.05, 4.69) is 16.5 Å². The maximum absolute atomic E-state index is 11.2. The van der Waals surface area contributed by atoms with Gasteiger partial charge in [-0.3, -0.25) is 0 Å². The number of hydrogen-bond donors (Lipinski definition) is 1. The lowest BCUT2D eigenvalue weighted by Crippen LogP contribution is -2.16. The van der Waals surface area contributed by atoms with E-state index in [9.17, 15) is 4.79 Å². The SMILES string of the molecule is CC1CCC(Cc2nc3cc(C(=O)O)cnc3n2C2CC2)CC1. The van der Waals surface area contributed by atoms with E-state index in [4.69, 9.17) is 10.1 Å². The second kappa shape index (κ2) is 5.62. The van der Waals surface area contributed by atoms with E-state index in [1.165, 1.54) is 44.7 Å². The Bertz CT molecular complexity index is 740. The van der Waals surface area contributed by atoms with E-state index in [1.54, 1.807) is 6.07 Å². The van der Waals surface area contributed by atoms with Crippen LogP contribution >= 0.6 is 0 Å². The maximum Gasteiger partial charge on any atom is 0.337 e. The average molecular weight is 313 g/mol. The summed E-state index contributed by atoms with van der Waals surface area (Å²) in [6, 6.07) is 2.18. The van der Waals surface area contributed by atoms with Crippen LogP contribution in [0.25, 0.3) is 11.2 Å². The highest BCUT2D eigenvalue weighted by atomic mass is 16.4. The third-order valence-corrected chi connectivity index (χ3v) is 5.37. The molecule has 0 bridgehead atoms. The third-order valence-electron chi connectivity index (χ3n) is 5.37. The molecule has 0 radical (unpaired) electrons. The molecule has 2 saturated carbocycles. The summed E-state index contributed by atoms with van der Waals surface area (Å²) in [4.78, 5) is 20.3. The Hall–Kier alpha value is -1.91. The smallest absolute Gasteiger partial charge is 0.337 e. The van der Waals surface area contributed by atoms with Gasteiger partial charge >= 0.3 is 5.97 Å². The number of carboxylic acid groups (broad SMARTS) is 1. The number of aromatic carboxylic acids is 1. The predicted molar refractivity (Wildman–Crippen MR) is 87.6 cm³/mol. The van der Waals surface area contributed by atoms with Crippen LogP contribution in [0.2, 0.25) is 0 Å². The quantitative estimate of drug-likeness (QED) is 0.931. The van der Waals surface area contributed by atoms with Crippen molar-refractivity contribution >= 4 is 17.1 Å². The molecule has 0 saturated heterocycles. The van der Waals surface area contributed by atoms with Crippen LogP contribution in [0.3, 0.4) is 0 Å².